The molecule has 1 heterocycles. The normalized spacial score (nSPS) is 29.5. The lowest BCUT2D eigenvalue weighted by Gasteiger charge is -2.34. The van der Waals surface area contributed by atoms with Gasteiger partial charge in [0, 0.05) is 12.5 Å². The predicted octanol–water partition coefficient (Wildman–Crippen LogP) is 2.11. The number of aromatic nitrogens is 2. The van der Waals surface area contributed by atoms with Crippen molar-refractivity contribution >= 4 is 0 Å². The summed E-state index contributed by atoms with van der Waals surface area (Å²) >= 11 is 0. The van der Waals surface area contributed by atoms with Crippen LogP contribution in [-0.2, 0) is 15.7 Å². The summed E-state index contributed by atoms with van der Waals surface area (Å²) in [6, 6.07) is 0. The SMILES string of the molecule is COC1CCCC(N)(c2noc(C(C)(C)C)n2)C1. The minimum absolute atomic E-state index is 0.142. The lowest BCUT2D eigenvalue weighted by atomic mass is 9.80. The van der Waals surface area contributed by atoms with Crippen molar-refractivity contribution in [3.8, 4) is 0 Å². The van der Waals surface area contributed by atoms with Crippen LogP contribution < -0.4 is 5.73 Å². The summed E-state index contributed by atoms with van der Waals surface area (Å²) in [5.74, 6) is 1.26. The summed E-state index contributed by atoms with van der Waals surface area (Å²) in [6.07, 6.45) is 3.93. The molecule has 1 aliphatic carbocycles. The van der Waals surface area contributed by atoms with Gasteiger partial charge in [-0.3, -0.25) is 0 Å². The summed E-state index contributed by atoms with van der Waals surface area (Å²) in [5.41, 5.74) is 5.79. The molecule has 2 atom stereocenters. The minimum atomic E-state index is -0.508. The van der Waals surface area contributed by atoms with Gasteiger partial charge in [0.2, 0.25) is 5.89 Å². The molecule has 0 bridgehead atoms. The molecule has 0 spiro atoms. The standard InChI is InChI=1S/C13H23N3O2/c1-12(2,3)11-15-10(16-18-11)13(14)7-5-6-9(8-13)17-4/h9H,5-8,14H2,1-4H3. The highest BCUT2D eigenvalue weighted by Crippen LogP contribution is 2.35. The molecular weight excluding hydrogens is 230 g/mol. The van der Waals surface area contributed by atoms with Crippen molar-refractivity contribution in [3.05, 3.63) is 11.7 Å². The van der Waals surface area contributed by atoms with Crippen LogP contribution in [0.4, 0.5) is 0 Å². The van der Waals surface area contributed by atoms with E-state index >= 15 is 0 Å². The quantitative estimate of drug-likeness (QED) is 0.873. The van der Waals surface area contributed by atoms with Gasteiger partial charge >= 0.3 is 0 Å². The summed E-state index contributed by atoms with van der Waals surface area (Å²) in [5, 5.41) is 4.08. The molecule has 1 fully saturated rings. The van der Waals surface area contributed by atoms with Gasteiger partial charge < -0.3 is 15.0 Å². The average Bonchev–Trinajstić information content (AvgIpc) is 2.78. The number of hydrogen-bond donors (Lipinski definition) is 1. The van der Waals surface area contributed by atoms with Gasteiger partial charge in [0.1, 0.15) is 0 Å². The molecule has 0 radical (unpaired) electrons. The van der Waals surface area contributed by atoms with Crippen LogP contribution in [0.5, 0.6) is 0 Å². The average molecular weight is 253 g/mol. The topological polar surface area (TPSA) is 74.2 Å². The summed E-state index contributed by atoms with van der Waals surface area (Å²) in [6.45, 7) is 6.14. The Morgan fingerprint density at radius 3 is 2.72 bits per heavy atom. The van der Waals surface area contributed by atoms with Crippen LogP contribution in [-0.4, -0.2) is 23.4 Å². The van der Waals surface area contributed by atoms with Gasteiger partial charge in [-0.1, -0.05) is 25.9 Å². The number of methoxy groups -OCH3 is 1. The van der Waals surface area contributed by atoms with E-state index in [1.165, 1.54) is 0 Å². The molecule has 0 aliphatic heterocycles. The Labute approximate surface area is 108 Å². The van der Waals surface area contributed by atoms with Gasteiger partial charge in [0.25, 0.3) is 0 Å². The molecule has 1 aliphatic rings. The van der Waals surface area contributed by atoms with Crippen LogP contribution in [0, 0.1) is 0 Å². The number of nitrogens with two attached hydrogens (primary N) is 1. The van der Waals surface area contributed by atoms with Crippen LogP contribution in [0.25, 0.3) is 0 Å². The van der Waals surface area contributed by atoms with Gasteiger partial charge in [-0.25, -0.2) is 0 Å². The molecule has 1 aromatic heterocycles. The van der Waals surface area contributed by atoms with Crippen LogP contribution >= 0.6 is 0 Å². The Hall–Kier alpha value is -0.940. The largest absolute Gasteiger partial charge is 0.381 e. The van der Waals surface area contributed by atoms with E-state index in [2.05, 4.69) is 10.1 Å². The highest BCUT2D eigenvalue weighted by molar-refractivity contribution is 5.09. The van der Waals surface area contributed by atoms with E-state index < -0.39 is 5.54 Å². The first-order valence-electron chi connectivity index (χ1n) is 6.51. The van der Waals surface area contributed by atoms with Gasteiger partial charge in [0.05, 0.1) is 11.6 Å². The van der Waals surface area contributed by atoms with Crippen molar-refractivity contribution in [1.29, 1.82) is 0 Å². The number of hydrogen-bond acceptors (Lipinski definition) is 5. The molecule has 2 rings (SSSR count). The second kappa shape index (κ2) is 4.63. The maximum absolute atomic E-state index is 6.44. The molecular formula is C13H23N3O2. The number of rotatable bonds is 2. The van der Waals surface area contributed by atoms with E-state index in [-0.39, 0.29) is 11.5 Å². The van der Waals surface area contributed by atoms with Crippen LogP contribution in [0.2, 0.25) is 0 Å². The van der Waals surface area contributed by atoms with Crippen molar-refractivity contribution < 1.29 is 9.26 Å². The van der Waals surface area contributed by atoms with Crippen molar-refractivity contribution in [2.45, 2.75) is 63.5 Å². The number of ether oxygens (including phenoxy) is 1. The molecule has 102 valence electrons. The first kappa shape index (κ1) is 13.5. The maximum Gasteiger partial charge on any atom is 0.232 e. The monoisotopic (exact) mass is 253 g/mol. The van der Waals surface area contributed by atoms with Crippen molar-refractivity contribution in [3.63, 3.8) is 0 Å². The van der Waals surface area contributed by atoms with Gasteiger partial charge in [0.15, 0.2) is 5.82 Å². The first-order valence-corrected chi connectivity index (χ1v) is 6.51. The molecule has 0 saturated heterocycles. The second-order valence-electron chi connectivity index (χ2n) is 6.28. The Balaban J connectivity index is 2.22. The zero-order chi connectivity index (χ0) is 13.4. The van der Waals surface area contributed by atoms with Crippen LogP contribution in [0.1, 0.15) is 58.2 Å². The van der Waals surface area contributed by atoms with E-state index in [1.54, 1.807) is 7.11 Å². The Kier molecular flexibility index (Phi) is 3.47. The van der Waals surface area contributed by atoms with E-state index in [1.807, 2.05) is 20.8 Å². The van der Waals surface area contributed by atoms with Gasteiger partial charge in [-0.2, -0.15) is 4.98 Å². The van der Waals surface area contributed by atoms with Crippen LogP contribution in [0.3, 0.4) is 0 Å². The molecule has 0 amide bonds. The fraction of sp³-hybridized carbons (Fsp3) is 0.846. The van der Waals surface area contributed by atoms with E-state index in [0.717, 1.165) is 25.7 Å². The van der Waals surface area contributed by atoms with Gasteiger partial charge in [-0.15, -0.1) is 0 Å². The minimum Gasteiger partial charge on any atom is -0.381 e. The summed E-state index contributed by atoms with van der Waals surface area (Å²) in [4.78, 5) is 4.49. The Morgan fingerprint density at radius 1 is 1.44 bits per heavy atom. The summed E-state index contributed by atoms with van der Waals surface area (Å²) in [7, 11) is 1.73. The molecule has 2 N–H and O–H groups in total. The molecule has 5 heteroatoms. The van der Waals surface area contributed by atoms with Crippen molar-refractivity contribution in [1.82, 2.24) is 10.1 Å². The van der Waals surface area contributed by atoms with E-state index in [9.17, 15) is 0 Å². The zero-order valence-electron chi connectivity index (χ0n) is 11.7. The highest BCUT2D eigenvalue weighted by Gasteiger charge is 2.39. The Morgan fingerprint density at radius 2 is 2.17 bits per heavy atom. The lowest BCUT2D eigenvalue weighted by molar-refractivity contribution is 0.0379. The predicted molar refractivity (Wildman–Crippen MR) is 68.1 cm³/mol. The van der Waals surface area contributed by atoms with Crippen LogP contribution in [0.15, 0.2) is 4.52 Å². The molecule has 1 aromatic rings. The lowest BCUT2D eigenvalue weighted by Crippen LogP contribution is -2.44. The molecule has 18 heavy (non-hydrogen) atoms. The zero-order valence-corrected chi connectivity index (χ0v) is 11.7. The van der Waals surface area contributed by atoms with E-state index in [0.29, 0.717) is 11.7 Å². The third-order valence-electron chi connectivity index (χ3n) is 3.59. The Bertz CT molecular complexity index is 411. The third-order valence-corrected chi connectivity index (χ3v) is 3.59. The second-order valence-corrected chi connectivity index (χ2v) is 6.28. The number of nitrogens with zero attached hydrogens (tertiary/aromatic N) is 2. The summed E-state index contributed by atoms with van der Waals surface area (Å²) < 4.78 is 10.8. The molecule has 5 nitrogen and oxygen atoms in total. The fourth-order valence-electron chi connectivity index (χ4n) is 2.39. The molecule has 0 aromatic carbocycles. The molecule has 2 unspecified atom stereocenters. The first-order chi connectivity index (χ1) is 8.35. The maximum atomic E-state index is 6.44. The van der Waals surface area contributed by atoms with Gasteiger partial charge in [-0.05, 0) is 25.7 Å². The van der Waals surface area contributed by atoms with E-state index in [4.69, 9.17) is 15.0 Å². The highest BCUT2D eigenvalue weighted by atomic mass is 16.5. The van der Waals surface area contributed by atoms with Crippen molar-refractivity contribution in [2.24, 2.45) is 5.73 Å². The smallest absolute Gasteiger partial charge is 0.232 e. The fourth-order valence-corrected chi connectivity index (χ4v) is 2.39. The van der Waals surface area contributed by atoms with Crippen molar-refractivity contribution in [2.75, 3.05) is 7.11 Å². The third kappa shape index (κ3) is 2.57. The molecule has 1 saturated carbocycles.